The molecule has 5 N–H and O–H groups in total. The quantitative estimate of drug-likeness (QED) is 0.517. The van der Waals surface area contributed by atoms with E-state index in [4.69, 9.17) is 15.2 Å². The fourth-order valence-electron chi connectivity index (χ4n) is 3.42. The zero-order valence-corrected chi connectivity index (χ0v) is 16.4. The molecular weight excluding hydrogens is 378 g/mol. The molecule has 9 nitrogen and oxygen atoms in total. The molecule has 29 heavy (non-hydrogen) atoms. The van der Waals surface area contributed by atoms with Crippen molar-refractivity contribution in [1.82, 2.24) is 9.55 Å². The van der Waals surface area contributed by atoms with Crippen molar-refractivity contribution >= 4 is 5.82 Å². The van der Waals surface area contributed by atoms with Gasteiger partial charge in [-0.2, -0.15) is 4.98 Å². The van der Waals surface area contributed by atoms with Crippen LogP contribution in [-0.4, -0.2) is 49.8 Å². The van der Waals surface area contributed by atoms with Gasteiger partial charge >= 0.3 is 5.69 Å². The Labute approximate surface area is 168 Å². The van der Waals surface area contributed by atoms with Gasteiger partial charge < -0.3 is 30.5 Å². The molecule has 2 aromatic rings. The summed E-state index contributed by atoms with van der Waals surface area (Å²) in [5.74, 6) is 0.214. The van der Waals surface area contributed by atoms with E-state index in [1.54, 1.807) is 0 Å². The number of nitrogens with zero attached hydrogens (tertiary/aromatic N) is 2. The van der Waals surface area contributed by atoms with Crippen molar-refractivity contribution in [2.24, 2.45) is 5.92 Å². The lowest BCUT2D eigenvalue weighted by atomic mass is 9.99. The van der Waals surface area contributed by atoms with Gasteiger partial charge in [-0.15, -0.1) is 0 Å². The number of benzene rings is 1. The van der Waals surface area contributed by atoms with E-state index in [9.17, 15) is 20.1 Å². The number of nitrogens with two attached hydrogens (primary N) is 1. The van der Waals surface area contributed by atoms with Gasteiger partial charge in [0.05, 0.1) is 19.3 Å². The summed E-state index contributed by atoms with van der Waals surface area (Å²) in [6, 6.07) is 9.76. The van der Waals surface area contributed by atoms with Gasteiger partial charge in [0.2, 0.25) is 0 Å². The van der Waals surface area contributed by atoms with Crippen molar-refractivity contribution in [3.05, 3.63) is 58.1 Å². The Kier molecular flexibility index (Phi) is 6.66. The predicted molar refractivity (Wildman–Crippen MR) is 105 cm³/mol. The van der Waals surface area contributed by atoms with Crippen LogP contribution in [0.5, 0.6) is 0 Å². The molecule has 0 radical (unpaired) electrons. The van der Waals surface area contributed by atoms with Gasteiger partial charge in [-0.3, -0.25) is 4.57 Å². The molecule has 1 aliphatic rings. The summed E-state index contributed by atoms with van der Waals surface area (Å²) >= 11 is 0. The molecule has 0 bridgehead atoms. The first kappa shape index (κ1) is 21.4. The summed E-state index contributed by atoms with van der Waals surface area (Å²) in [5, 5.41) is 29.4. The Morgan fingerprint density at radius 3 is 2.52 bits per heavy atom. The number of aromatic nitrogens is 2. The summed E-state index contributed by atoms with van der Waals surface area (Å²) in [7, 11) is 0. The topological polar surface area (TPSA) is 140 Å². The van der Waals surface area contributed by atoms with Crippen molar-refractivity contribution < 1.29 is 24.8 Å². The third-order valence-corrected chi connectivity index (χ3v) is 5.00. The number of ether oxygens (including phenoxy) is 2. The molecular formula is C20H27N3O6. The Morgan fingerprint density at radius 1 is 1.24 bits per heavy atom. The van der Waals surface area contributed by atoms with Crippen molar-refractivity contribution in [3.8, 4) is 0 Å². The molecule has 9 heteroatoms. The van der Waals surface area contributed by atoms with E-state index in [0.29, 0.717) is 5.56 Å². The maximum Gasteiger partial charge on any atom is 0.351 e. The van der Waals surface area contributed by atoms with Crippen LogP contribution in [-0.2, 0) is 16.1 Å². The van der Waals surface area contributed by atoms with E-state index in [1.807, 2.05) is 44.2 Å². The molecule has 5 atom stereocenters. The molecule has 2 heterocycles. The van der Waals surface area contributed by atoms with Crippen LogP contribution < -0.4 is 11.4 Å². The van der Waals surface area contributed by atoms with Gasteiger partial charge in [-0.25, -0.2) is 4.79 Å². The first-order valence-electron chi connectivity index (χ1n) is 9.50. The molecule has 1 saturated heterocycles. The molecule has 3 rings (SSSR count). The second kappa shape index (κ2) is 9.02. The maximum absolute atomic E-state index is 12.3. The summed E-state index contributed by atoms with van der Waals surface area (Å²) in [6.45, 7) is 3.68. The molecule has 158 valence electrons. The predicted octanol–water partition coefficient (Wildman–Crippen LogP) is 0.351. The monoisotopic (exact) mass is 405 g/mol. The third-order valence-electron chi connectivity index (χ3n) is 5.00. The van der Waals surface area contributed by atoms with Crippen molar-refractivity contribution in [2.75, 3.05) is 12.3 Å². The lowest BCUT2D eigenvalue weighted by molar-refractivity contribution is -0.0554. The van der Waals surface area contributed by atoms with Gasteiger partial charge in [0.1, 0.15) is 24.1 Å². The molecule has 1 unspecified atom stereocenters. The SMILES string of the molecule is CC(C)C(OCc1cn([C@@H]2O[C@H](CO)[C@@H](O)[C@H]2O)c(=O)nc1N)c1ccccc1. The second-order valence-corrected chi connectivity index (χ2v) is 7.46. The van der Waals surface area contributed by atoms with Gasteiger partial charge in [0.25, 0.3) is 0 Å². The zero-order valence-electron chi connectivity index (χ0n) is 16.4. The highest BCUT2D eigenvalue weighted by atomic mass is 16.6. The van der Waals surface area contributed by atoms with Crippen molar-refractivity contribution in [2.45, 2.75) is 51.1 Å². The minimum absolute atomic E-state index is 0.0218. The Bertz CT molecular complexity index is 872. The fraction of sp³-hybridized carbons (Fsp3) is 0.500. The minimum Gasteiger partial charge on any atom is -0.394 e. The average Bonchev–Trinajstić information content (AvgIpc) is 2.98. The third kappa shape index (κ3) is 4.49. The molecule has 0 aliphatic carbocycles. The number of rotatable bonds is 7. The molecule has 1 aromatic heterocycles. The van der Waals surface area contributed by atoms with Crippen molar-refractivity contribution in [1.29, 1.82) is 0 Å². The molecule has 0 spiro atoms. The smallest absolute Gasteiger partial charge is 0.351 e. The highest BCUT2D eigenvalue weighted by molar-refractivity contribution is 5.36. The highest BCUT2D eigenvalue weighted by Gasteiger charge is 2.44. The number of hydrogen-bond donors (Lipinski definition) is 4. The van der Waals surface area contributed by atoms with E-state index in [1.165, 1.54) is 6.20 Å². The average molecular weight is 405 g/mol. The van der Waals surface area contributed by atoms with E-state index in [-0.39, 0.29) is 24.4 Å². The van der Waals surface area contributed by atoms with Crippen LogP contribution in [0.1, 0.15) is 37.3 Å². The van der Waals surface area contributed by atoms with Crippen LogP contribution in [0.3, 0.4) is 0 Å². The van der Waals surface area contributed by atoms with Crippen LogP contribution in [0.25, 0.3) is 0 Å². The van der Waals surface area contributed by atoms with E-state index < -0.39 is 36.8 Å². The number of aliphatic hydroxyl groups excluding tert-OH is 3. The molecule has 1 aliphatic heterocycles. The van der Waals surface area contributed by atoms with Gasteiger partial charge in [-0.05, 0) is 11.5 Å². The van der Waals surface area contributed by atoms with Gasteiger partial charge in [0.15, 0.2) is 6.23 Å². The Balaban J connectivity index is 1.83. The Hall–Kier alpha value is -2.30. The lowest BCUT2D eigenvalue weighted by Gasteiger charge is -2.23. The van der Waals surface area contributed by atoms with Crippen LogP contribution in [0.4, 0.5) is 5.82 Å². The van der Waals surface area contributed by atoms with Crippen LogP contribution in [0, 0.1) is 5.92 Å². The maximum atomic E-state index is 12.3. The summed E-state index contributed by atoms with van der Waals surface area (Å²) in [4.78, 5) is 16.1. The van der Waals surface area contributed by atoms with Gasteiger partial charge in [0, 0.05) is 11.8 Å². The molecule has 0 saturated carbocycles. The number of hydrogen-bond acceptors (Lipinski definition) is 8. The highest BCUT2D eigenvalue weighted by Crippen LogP contribution is 2.30. The first-order chi connectivity index (χ1) is 13.8. The van der Waals surface area contributed by atoms with Crippen LogP contribution in [0.2, 0.25) is 0 Å². The first-order valence-corrected chi connectivity index (χ1v) is 9.50. The fourth-order valence-corrected chi connectivity index (χ4v) is 3.42. The van der Waals surface area contributed by atoms with Gasteiger partial charge in [-0.1, -0.05) is 44.2 Å². The van der Waals surface area contributed by atoms with E-state index in [2.05, 4.69) is 4.98 Å². The normalized spacial score (nSPS) is 25.4. The number of anilines is 1. The lowest BCUT2D eigenvalue weighted by Crippen LogP contribution is -2.36. The second-order valence-electron chi connectivity index (χ2n) is 7.46. The zero-order chi connectivity index (χ0) is 21.1. The molecule has 1 fully saturated rings. The minimum atomic E-state index is -1.39. The summed E-state index contributed by atoms with van der Waals surface area (Å²) in [6.07, 6.45) is -3.67. The molecule has 1 aromatic carbocycles. The van der Waals surface area contributed by atoms with E-state index >= 15 is 0 Å². The summed E-state index contributed by atoms with van der Waals surface area (Å²) < 4.78 is 12.6. The van der Waals surface area contributed by atoms with Crippen LogP contribution >= 0.6 is 0 Å². The number of nitrogen functional groups attached to an aromatic ring is 1. The van der Waals surface area contributed by atoms with Crippen LogP contribution in [0.15, 0.2) is 41.3 Å². The van der Waals surface area contributed by atoms with E-state index in [0.717, 1.165) is 10.1 Å². The Morgan fingerprint density at radius 2 is 1.93 bits per heavy atom. The largest absolute Gasteiger partial charge is 0.394 e. The standard InChI is InChI=1S/C20H27N3O6/c1-11(2)17(12-6-4-3-5-7-12)28-10-13-8-23(20(27)22-18(13)21)19-16(26)15(25)14(9-24)29-19/h3-8,11,14-17,19,24-26H,9-10H2,1-2H3,(H2,21,22,27)/t14-,15-,16-,17?,19-/m1/s1. The number of aliphatic hydroxyl groups is 3. The van der Waals surface area contributed by atoms with Crippen molar-refractivity contribution in [3.63, 3.8) is 0 Å². The molecule has 0 amide bonds. The summed E-state index contributed by atoms with van der Waals surface area (Å²) in [5.41, 5.74) is 6.64.